The molecule has 2 heterocycles. The first-order valence-corrected chi connectivity index (χ1v) is 8.31. The van der Waals surface area contributed by atoms with Crippen LogP contribution in [-0.4, -0.2) is 33.3 Å². The van der Waals surface area contributed by atoms with Crippen molar-refractivity contribution in [2.45, 2.75) is 31.2 Å². The Kier molecular flexibility index (Phi) is 5.22. The molecular weight excluding hydrogens is 363 g/mol. The van der Waals surface area contributed by atoms with E-state index in [0.717, 1.165) is 23.4 Å². The van der Waals surface area contributed by atoms with E-state index < -0.39 is 29.9 Å². The lowest BCUT2D eigenvalue weighted by atomic mass is 9.95. The summed E-state index contributed by atoms with van der Waals surface area (Å²) < 4.78 is 46.3. The van der Waals surface area contributed by atoms with Gasteiger partial charge in [-0.3, -0.25) is 4.79 Å². The lowest BCUT2D eigenvalue weighted by Gasteiger charge is -2.27. The molecule has 27 heavy (non-hydrogen) atoms. The summed E-state index contributed by atoms with van der Waals surface area (Å²) in [4.78, 5) is 16.2. The van der Waals surface area contributed by atoms with E-state index in [0.29, 0.717) is 13.0 Å². The second-order valence-electron chi connectivity index (χ2n) is 6.14. The molecule has 0 unspecified atom stereocenters. The van der Waals surface area contributed by atoms with Crippen LogP contribution in [0.4, 0.5) is 13.2 Å². The molecule has 0 saturated heterocycles. The van der Waals surface area contributed by atoms with E-state index in [1.54, 1.807) is 6.33 Å². The fraction of sp³-hybridized carbons (Fsp3) is 0.333. The van der Waals surface area contributed by atoms with Gasteiger partial charge in [0.1, 0.15) is 5.76 Å². The number of hydrogen-bond acceptors (Lipinski definition) is 4. The number of carbonyl (C=O) groups is 1. The van der Waals surface area contributed by atoms with Crippen LogP contribution in [-0.2, 0) is 16.9 Å². The fourth-order valence-electron chi connectivity index (χ4n) is 2.80. The summed E-state index contributed by atoms with van der Waals surface area (Å²) in [5.41, 5.74) is -1.58. The van der Waals surface area contributed by atoms with Crippen molar-refractivity contribution in [2.75, 3.05) is 6.54 Å². The highest BCUT2D eigenvalue weighted by atomic mass is 19.4. The Labute approximate surface area is 152 Å². The van der Waals surface area contributed by atoms with Crippen LogP contribution in [0.5, 0.6) is 0 Å². The number of fused-ring (bicyclic) bond motifs is 1. The van der Waals surface area contributed by atoms with Crippen LogP contribution in [0.2, 0.25) is 0 Å². The van der Waals surface area contributed by atoms with E-state index in [-0.39, 0.29) is 6.54 Å². The Morgan fingerprint density at radius 3 is 2.70 bits per heavy atom. The molecule has 9 heteroatoms. The highest BCUT2D eigenvalue weighted by Crippen LogP contribution is 2.41. The van der Waals surface area contributed by atoms with Gasteiger partial charge in [0.2, 0.25) is 11.5 Å². The average molecular weight is 381 g/mol. The zero-order valence-electron chi connectivity index (χ0n) is 14.2. The zero-order valence-corrected chi connectivity index (χ0v) is 14.2. The Morgan fingerprint density at radius 2 is 2.00 bits per heavy atom. The Balaban J connectivity index is 1.54. The van der Waals surface area contributed by atoms with E-state index in [9.17, 15) is 23.1 Å². The molecule has 0 aliphatic carbocycles. The lowest BCUT2D eigenvalue weighted by molar-refractivity contribution is -0.273. The Hall–Kier alpha value is -2.81. The van der Waals surface area contributed by atoms with Crippen molar-refractivity contribution in [3.05, 3.63) is 54.7 Å². The van der Waals surface area contributed by atoms with Crippen molar-refractivity contribution < 1.29 is 27.5 Å². The van der Waals surface area contributed by atoms with Crippen molar-refractivity contribution in [1.82, 2.24) is 14.9 Å². The summed E-state index contributed by atoms with van der Waals surface area (Å²) >= 11 is 0. The molecule has 0 bridgehead atoms. The maximum absolute atomic E-state index is 13.3. The molecule has 0 aliphatic rings. The molecule has 3 rings (SSSR count). The van der Waals surface area contributed by atoms with Gasteiger partial charge in [0, 0.05) is 13.1 Å². The first-order chi connectivity index (χ1) is 12.8. The van der Waals surface area contributed by atoms with Crippen LogP contribution in [0.15, 0.2) is 53.4 Å². The number of amides is 1. The molecule has 1 aromatic carbocycles. The van der Waals surface area contributed by atoms with Crippen molar-refractivity contribution in [1.29, 1.82) is 0 Å². The van der Waals surface area contributed by atoms with Crippen LogP contribution < -0.4 is 5.32 Å². The molecular formula is C18H18F3N3O3. The number of aliphatic hydroxyl groups is 1. The number of alkyl halides is 3. The number of hydrogen-bond donors (Lipinski definition) is 2. The normalized spacial score (nSPS) is 14.2. The second kappa shape index (κ2) is 7.43. The standard InChI is InChI=1S/C18H18F3N3O3/c19-18(20,21)17(26,15-7-3-10-27-15)11-16(25)22-8-4-9-24-12-23-13-5-1-2-6-14(13)24/h1-3,5-7,10,12,26H,4,8-9,11H2,(H,22,25)/t17-/m0/s1. The third kappa shape index (κ3) is 3.97. The number of halogens is 3. The topological polar surface area (TPSA) is 80.3 Å². The molecule has 0 saturated carbocycles. The number of para-hydroxylation sites is 2. The van der Waals surface area contributed by atoms with Gasteiger partial charge in [0.25, 0.3) is 0 Å². The average Bonchev–Trinajstić information content (AvgIpc) is 3.28. The molecule has 144 valence electrons. The van der Waals surface area contributed by atoms with Crippen molar-refractivity contribution in [3.63, 3.8) is 0 Å². The van der Waals surface area contributed by atoms with Gasteiger partial charge in [-0.25, -0.2) is 4.98 Å². The van der Waals surface area contributed by atoms with E-state index in [1.165, 1.54) is 6.07 Å². The van der Waals surface area contributed by atoms with Gasteiger partial charge in [-0.1, -0.05) is 12.1 Å². The van der Waals surface area contributed by atoms with E-state index in [4.69, 9.17) is 0 Å². The highest BCUT2D eigenvalue weighted by molar-refractivity contribution is 5.77. The van der Waals surface area contributed by atoms with Crippen LogP contribution in [0.25, 0.3) is 11.0 Å². The minimum absolute atomic E-state index is 0.164. The van der Waals surface area contributed by atoms with Gasteiger partial charge in [-0.15, -0.1) is 0 Å². The van der Waals surface area contributed by atoms with Gasteiger partial charge in [-0.2, -0.15) is 13.2 Å². The summed E-state index contributed by atoms with van der Waals surface area (Å²) in [7, 11) is 0. The van der Waals surface area contributed by atoms with E-state index >= 15 is 0 Å². The van der Waals surface area contributed by atoms with E-state index in [2.05, 4.69) is 14.7 Å². The fourth-order valence-corrected chi connectivity index (χ4v) is 2.80. The Bertz CT molecular complexity index is 905. The smallest absolute Gasteiger partial charge is 0.425 e. The monoisotopic (exact) mass is 381 g/mol. The van der Waals surface area contributed by atoms with Crippen molar-refractivity contribution in [3.8, 4) is 0 Å². The van der Waals surface area contributed by atoms with Crippen molar-refractivity contribution in [2.24, 2.45) is 0 Å². The SMILES string of the molecule is O=C(C[C@](O)(c1ccco1)C(F)(F)F)NCCCn1cnc2ccccc21. The van der Waals surface area contributed by atoms with Gasteiger partial charge in [0.05, 0.1) is 30.0 Å². The molecule has 1 amide bonds. The molecule has 0 spiro atoms. The lowest BCUT2D eigenvalue weighted by Crippen LogP contribution is -2.46. The molecule has 2 N–H and O–H groups in total. The van der Waals surface area contributed by atoms with Gasteiger partial charge in [-0.05, 0) is 30.7 Å². The van der Waals surface area contributed by atoms with Gasteiger partial charge >= 0.3 is 6.18 Å². The van der Waals surface area contributed by atoms with Gasteiger partial charge in [0.15, 0.2) is 0 Å². The molecule has 3 aromatic rings. The quantitative estimate of drug-likeness (QED) is 0.617. The minimum Gasteiger partial charge on any atom is -0.466 e. The summed E-state index contributed by atoms with van der Waals surface area (Å²) in [6.07, 6.45) is -3.03. The Morgan fingerprint density at radius 1 is 1.22 bits per heavy atom. The molecule has 2 aromatic heterocycles. The second-order valence-corrected chi connectivity index (χ2v) is 6.14. The van der Waals surface area contributed by atoms with Crippen LogP contribution >= 0.6 is 0 Å². The number of imidazole rings is 1. The number of carbonyl (C=O) groups excluding carboxylic acids is 1. The van der Waals surface area contributed by atoms with E-state index in [1.807, 2.05) is 28.8 Å². The first-order valence-electron chi connectivity index (χ1n) is 8.31. The first kappa shape index (κ1) is 19.0. The number of furan rings is 1. The van der Waals surface area contributed by atoms with Crippen molar-refractivity contribution >= 4 is 16.9 Å². The number of aromatic nitrogens is 2. The largest absolute Gasteiger partial charge is 0.466 e. The highest BCUT2D eigenvalue weighted by Gasteiger charge is 2.58. The maximum atomic E-state index is 13.3. The van der Waals surface area contributed by atoms with Crippen LogP contribution in [0.1, 0.15) is 18.6 Å². The molecule has 0 aliphatic heterocycles. The predicted molar refractivity (Wildman–Crippen MR) is 90.6 cm³/mol. The maximum Gasteiger partial charge on any atom is 0.425 e. The third-order valence-electron chi connectivity index (χ3n) is 4.24. The number of aryl methyl sites for hydroxylation is 1. The summed E-state index contributed by atoms with van der Waals surface area (Å²) in [6.45, 7) is 0.708. The summed E-state index contributed by atoms with van der Waals surface area (Å²) in [5.74, 6) is -1.63. The number of benzene rings is 1. The number of nitrogens with zero attached hydrogens (tertiary/aromatic N) is 2. The minimum atomic E-state index is -5.04. The zero-order chi connectivity index (χ0) is 19.5. The van der Waals surface area contributed by atoms with Gasteiger partial charge < -0.3 is 19.4 Å². The molecule has 0 fully saturated rings. The van der Waals surface area contributed by atoms with Crippen LogP contribution in [0.3, 0.4) is 0 Å². The molecule has 6 nitrogen and oxygen atoms in total. The molecule has 0 radical (unpaired) electrons. The summed E-state index contributed by atoms with van der Waals surface area (Å²) in [5, 5.41) is 12.4. The predicted octanol–water partition coefficient (Wildman–Crippen LogP) is 2.98. The summed E-state index contributed by atoms with van der Waals surface area (Å²) in [6, 6.07) is 9.76. The molecule has 1 atom stereocenters. The third-order valence-corrected chi connectivity index (χ3v) is 4.24. The van der Waals surface area contributed by atoms with Crippen LogP contribution in [0, 0.1) is 0 Å². The number of rotatable bonds is 7. The number of nitrogens with one attached hydrogen (secondary N) is 1.